The molecule has 3 rings (SSSR count). The molecule has 1 aliphatic carbocycles. The molecule has 12 heteroatoms. The zero-order valence-corrected chi connectivity index (χ0v) is 19.7. The molecule has 34 heavy (non-hydrogen) atoms. The van der Waals surface area contributed by atoms with Gasteiger partial charge >= 0.3 is 12.1 Å². The van der Waals surface area contributed by atoms with E-state index in [4.69, 9.17) is 34.7 Å². The highest BCUT2D eigenvalue weighted by molar-refractivity contribution is 6.31. The standard InChI is InChI=1S/C22H26Cl2N8O2/c23-13-5-9-15(10-6-13)27-21(33)31-19(25)29-17-3-1-2-4-18(17)30-20(26)32-22(34)28-16-11-7-14(24)8-12-16/h5-12,17-18H,1-4H2,(H4,25,27,29,31,33)(H4,26,28,30,32,34)/t17-,18-/m0/s1. The van der Waals surface area contributed by atoms with Crippen LogP contribution in [0.25, 0.3) is 0 Å². The van der Waals surface area contributed by atoms with Crippen LogP contribution in [0.3, 0.4) is 0 Å². The van der Waals surface area contributed by atoms with E-state index in [1.807, 2.05) is 0 Å². The Morgan fingerprint density at radius 3 is 1.41 bits per heavy atom. The molecule has 0 spiro atoms. The van der Waals surface area contributed by atoms with Crippen LogP contribution in [0.5, 0.6) is 0 Å². The van der Waals surface area contributed by atoms with Crippen LogP contribution in [0.15, 0.2) is 58.5 Å². The quantitative estimate of drug-likeness (QED) is 0.275. The number of hydrogen-bond acceptors (Lipinski definition) is 4. The Labute approximate surface area is 207 Å². The number of nitrogens with one attached hydrogen (secondary N) is 4. The van der Waals surface area contributed by atoms with Gasteiger partial charge in [0.15, 0.2) is 11.9 Å². The van der Waals surface area contributed by atoms with Crippen LogP contribution in [-0.2, 0) is 0 Å². The number of aliphatic imine (C=N–C) groups is 2. The maximum Gasteiger partial charge on any atom is 0.325 e. The lowest BCUT2D eigenvalue weighted by atomic mass is 9.91. The number of urea groups is 2. The minimum absolute atomic E-state index is 0.0365. The number of hydrogen-bond donors (Lipinski definition) is 6. The van der Waals surface area contributed by atoms with Crippen molar-refractivity contribution < 1.29 is 9.59 Å². The van der Waals surface area contributed by atoms with Crippen LogP contribution in [-0.4, -0.2) is 36.1 Å². The number of benzene rings is 2. The molecule has 0 saturated heterocycles. The van der Waals surface area contributed by atoms with Crippen LogP contribution >= 0.6 is 23.2 Å². The summed E-state index contributed by atoms with van der Waals surface area (Å²) in [5.74, 6) is -0.0730. The van der Waals surface area contributed by atoms with Gasteiger partial charge in [0.1, 0.15) is 0 Å². The molecule has 10 nitrogen and oxygen atoms in total. The van der Waals surface area contributed by atoms with Crippen LogP contribution in [0.1, 0.15) is 25.7 Å². The summed E-state index contributed by atoms with van der Waals surface area (Å²) in [4.78, 5) is 33.2. The molecule has 0 radical (unpaired) electrons. The molecule has 0 bridgehead atoms. The van der Waals surface area contributed by atoms with Gasteiger partial charge in [-0.15, -0.1) is 0 Å². The van der Waals surface area contributed by atoms with Crippen LogP contribution < -0.4 is 32.7 Å². The van der Waals surface area contributed by atoms with Gasteiger partial charge in [-0.25, -0.2) is 19.6 Å². The monoisotopic (exact) mass is 504 g/mol. The normalized spacial score (nSPS) is 18.6. The third-order valence-electron chi connectivity index (χ3n) is 4.99. The maximum atomic E-state index is 12.2. The molecule has 8 N–H and O–H groups in total. The second kappa shape index (κ2) is 12.1. The predicted octanol–water partition coefficient (Wildman–Crippen LogP) is 3.88. The Morgan fingerprint density at radius 2 is 1.06 bits per heavy atom. The van der Waals surface area contributed by atoms with Gasteiger partial charge in [0.2, 0.25) is 0 Å². The highest BCUT2D eigenvalue weighted by atomic mass is 35.5. The van der Waals surface area contributed by atoms with Crippen molar-refractivity contribution in [3.8, 4) is 0 Å². The summed E-state index contributed by atoms with van der Waals surface area (Å²) in [7, 11) is 0. The number of guanidine groups is 2. The molecule has 2 aromatic rings. The van der Waals surface area contributed by atoms with Crippen molar-refractivity contribution in [3.05, 3.63) is 58.6 Å². The summed E-state index contributed by atoms with van der Waals surface area (Å²) in [6.07, 6.45) is 3.32. The Balaban J connectivity index is 1.56. The molecule has 4 amide bonds. The molecule has 1 fully saturated rings. The third-order valence-corrected chi connectivity index (χ3v) is 5.50. The fraction of sp³-hybridized carbons (Fsp3) is 0.273. The van der Waals surface area contributed by atoms with Gasteiger partial charge in [-0.1, -0.05) is 36.0 Å². The van der Waals surface area contributed by atoms with E-state index in [1.54, 1.807) is 48.5 Å². The van der Waals surface area contributed by atoms with Gasteiger partial charge in [-0.2, -0.15) is 0 Å². The second-order valence-corrected chi connectivity index (χ2v) is 8.49. The van der Waals surface area contributed by atoms with E-state index in [9.17, 15) is 9.59 Å². The van der Waals surface area contributed by atoms with Crippen molar-refractivity contribution in [3.63, 3.8) is 0 Å². The van der Waals surface area contributed by atoms with E-state index in [0.29, 0.717) is 21.4 Å². The molecule has 180 valence electrons. The average Bonchev–Trinajstić information content (AvgIpc) is 2.78. The smallest absolute Gasteiger partial charge is 0.325 e. The molecular formula is C22H26Cl2N8O2. The van der Waals surface area contributed by atoms with Crippen molar-refractivity contribution in [2.75, 3.05) is 10.6 Å². The summed E-state index contributed by atoms with van der Waals surface area (Å²) in [5.41, 5.74) is 13.0. The lowest BCUT2D eigenvalue weighted by Crippen LogP contribution is -2.43. The van der Waals surface area contributed by atoms with Crippen LogP contribution in [0, 0.1) is 0 Å². The Bertz CT molecular complexity index is 972. The van der Waals surface area contributed by atoms with Crippen molar-refractivity contribution >= 4 is 58.6 Å². The zero-order chi connectivity index (χ0) is 24.5. The Morgan fingerprint density at radius 1 is 0.706 bits per heavy atom. The highest BCUT2D eigenvalue weighted by Crippen LogP contribution is 2.24. The first-order valence-corrected chi connectivity index (χ1v) is 11.4. The zero-order valence-electron chi connectivity index (χ0n) is 18.2. The summed E-state index contributed by atoms with van der Waals surface area (Å²) in [6.45, 7) is 0. The van der Waals surface area contributed by atoms with Gasteiger partial charge in [0, 0.05) is 21.4 Å². The fourth-order valence-electron chi connectivity index (χ4n) is 3.44. The van der Waals surface area contributed by atoms with Gasteiger partial charge in [0.25, 0.3) is 0 Å². The van der Waals surface area contributed by atoms with Crippen molar-refractivity contribution in [1.82, 2.24) is 10.6 Å². The minimum atomic E-state index is -0.528. The van der Waals surface area contributed by atoms with Crippen molar-refractivity contribution in [2.45, 2.75) is 37.8 Å². The van der Waals surface area contributed by atoms with E-state index < -0.39 is 12.1 Å². The topological polar surface area (TPSA) is 159 Å². The first-order valence-electron chi connectivity index (χ1n) is 10.6. The molecule has 1 aliphatic rings. The van der Waals surface area contributed by atoms with Gasteiger partial charge in [-0.3, -0.25) is 10.6 Å². The summed E-state index contributed by atoms with van der Waals surface area (Å²) in [5, 5.41) is 11.4. The van der Waals surface area contributed by atoms with Crippen LogP contribution in [0.2, 0.25) is 10.0 Å². The van der Waals surface area contributed by atoms with E-state index >= 15 is 0 Å². The average molecular weight is 505 g/mol. The predicted molar refractivity (Wildman–Crippen MR) is 137 cm³/mol. The molecule has 1 saturated carbocycles. The number of rotatable bonds is 4. The summed E-state index contributed by atoms with van der Waals surface area (Å²) in [6, 6.07) is 11.7. The third kappa shape index (κ3) is 8.13. The Hall–Kier alpha value is -3.50. The SMILES string of the molecule is NC(=N[C@H]1CCCC[C@@H]1N=C(N)NC(=O)Nc1ccc(Cl)cc1)NC(=O)Nc1ccc(Cl)cc1. The Kier molecular flexibility index (Phi) is 8.94. The highest BCUT2D eigenvalue weighted by Gasteiger charge is 2.25. The number of amides is 4. The van der Waals surface area contributed by atoms with Gasteiger partial charge in [0.05, 0.1) is 12.1 Å². The van der Waals surface area contributed by atoms with E-state index in [2.05, 4.69) is 31.3 Å². The minimum Gasteiger partial charge on any atom is -0.370 e. The molecule has 2 aromatic carbocycles. The van der Waals surface area contributed by atoms with E-state index in [1.165, 1.54) is 0 Å². The molecule has 0 aromatic heterocycles. The lowest BCUT2D eigenvalue weighted by molar-refractivity contribution is 0.255. The molecular weight excluding hydrogens is 479 g/mol. The number of halogens is 2. The fourth-order valence-corrected chi connectivity index (χ4v) is 3.69. The first kappa shape index (κ1) is 25.1. The molecule has 0 heterocycles. The van der Waals surface area contributed by atoms with Crippen molar-refractivity contribution in [1.29, 1.82) is 0 Å². The number of nitrogens with two attached hydrogens (primary N) is 2. The van der Waals surface area contributed by atoms with Gasteiger partial charge < -0.3 is 22.1 Å². The largest absolute Gasteiger partial charge is 0.370 e. The van der Waals surface area contributed by atoms with Crippen LogP contribution in [0.4, 0.5) is 21.0 Å². The van der Waals surface area contributed by atoms with E-state index in [0.717, 1.165) is 25.7 Å². The number of carbonyl (C=O) groups excluding carboxylic acids is 2. The number of carbonyl (C=O) groups is 2. The first-order chi connectivity index (χ1) is 16.3. The van der Waals surface area contributed by atoms with E-state index in [-0.39, 0.29) is 24.0 Å². The van der Waals surface area contributed by atoms with Gasteiger partial charge in [-0.05, 0) is 61.4 Å². The summed E-state index contributed by atoms with van der Waals surface area (Å²) >= 11 is 11.7. The number of nitrogens with zero attached hydrogens (tertiary/aromatic N) is 2. The molecule has 0 aliphatic heterocycles. The lowest BCUT2D eigenvalue weighted by Gasteiger charge is -2.26. The number of anilines is 2. The molecule has 0 unspecified atom stereocenters. The molecule has 2 atom stereocenters. The summed E-state index contributed by atoms with van der Waals surface area (Å²) < 4.78 is 0. The second-order valence-electron chi connectivity index (χ2n) is 7.62. The van der Waals surface area contributed by atoms with Crippen molar-refractivity contribution in [2.24, 2.45) is 21.5 Å². The maximum absolute atomic E-state index is 12.2.